The number of benzene rings is 3. The van der Waals surface area contributed by atoms with Crippen LogP contribution in [-0.2, 0) is 0 Å². The molecule has 0 saturated carbocycles. The van der Waals surface area contributed by atoms with Crippen LogP contribution in [0.1, 0.15) is 10.4 Å². The number of rotatable bonds is 5. The number of anilines is 1. The van der Waals surface area contributed by atoms with Gasteiger partial charge in [-0.15, -0.1) is 11.3 Å². The fourth-order valence-corrected chi connectivity index (χ4v) is 4.45. The third kappa shape index (κ3) is 4.06. The van der Waals surface area contributed by atoms with Crippen LogP contribution in [0.5, 0.6) is 11.5 Å². The average Bonchev–Trinajstić information content (AvgIpc) is 3.18. The predicted octanol–water partition coefficient (Wildman–Crippen LogP) is 5.84. The number of ether oxygens (including phenoxy) is 2. The molecule has 0 fully saturated rings. The molecule has 29 heavy (non-hydrogen) atoms. The summed E-state index contributed by atoms with van der Waals surface area (Å²) in [4.78, 5) is 17.6. The van der Waals surface area contributed by atoms with Gasteiger partial charge in [0.15, 0.2) is 11.5 Å². The number of fused-ring (bicyclic) bond motifs is 1. The van der Waals surface area contributed by atoms with Crippen molar-refractivity contribution in [2.24, 2.45) is 0 Å². The summed E-state index contributed by atoms with van der Waals surface area (Å²) in [6, 6.07) is 19.0. The number of hydrogen-bond donors (Lipinski definition) is 1. The largest absolute Gasteiger partial charge is 0.493 e. The van der Waals surface area contributed by atoms with Gasteiger partial charge in [0.2, 0.25) is 0 Å². The number of para-hydroxylation sites is 1. The first kappa shape index (κ1) is 19.7. The zero-order valence-corrected chi connectivity index (χ0v) is 18.7. The Morgan fingerprint density at radius 2 is 1.79 bits per heavy atom. The van der Waals surface area contributed by atoms with E-state index >= 15 is 0 Å². The molecular formula is C22H17IN2O3S. The van der Waals surface area contributed by atoms with Gasteiger partial charge in [-0.3, -0.25) is 4.79 Å². The molecule has 0 aliphatic rings. The first-order chi connectivity index (χ1) is 14.1. The van der Waals surface area contributed by atoms with Gasteiger partial charge < -0.3 is 14.8 Å². The van der Waals surface area contributed by atoms with E-state index in [-0.39, 0.29) is 5.91 Å². The molecule has 7 heteroatoms. The lowest BCUT2D eigenvalue weighted by Crippen LogP contribution is -2.13. The van der Waals surface area contributed by atoms with E-state index in [2.05, 4.69) is 27.9 Å². The number of hydrogen-bond acceptors (Lipinski definition) is 5. The topological polar surface area (TPSA) is 60.5 Å². The zero-order valence-electron chi connectivity index (χ0n) is 15.7. The molecule has 0 spiro atoms. The van der Waals surface area contributed by atoms with Crippen LogP contribution in [0.25, 0.3) is 20.8 Å². The molecule has 1 N–H and O–H groups in total. The predicted molar refractivity (Wildman–Crippen MR) is 125 cm³/mol. The van der Waals surface area contributed by atoms with Crippen molar-refractivity contribution in [1.29, 1.82) is 0 Å². The van der Waals surface area contributed by atoms with E-state index < -0.39 is 0 Å². The number of nitrogens with one attached hydrogen (secondary N) is 1. The second-order valence-corrected chi connectivity index (χ2v) is 8.48. The molecule has 5 nitrogen and oxygen atoms in total. The molecule has 0 atom stereocenters. The quantitative estimate of drug-likeness (QED) is 0.339. The van der Waals surface area contributed by atoms with Gasteiger partial charge in [-0.05, 0) is 71.1 Å². The van der Waals surface area contributed by atoms with Crippen LogP contribution in [0.15, 0.2) is 60.7 Å². The summed E-state index contributed by atoms with van der Waals surface area (Å²) in [6.45, 7) is 0. The van der Waals surface area contributed by atoms with Gasteiger partial charge >= 0.3 is 0 Å². The van der Waals surface area contributed by atoms with Crippen molar-refractivity contribution >= 4 is 55.7 Å². The van der Waals surface area contributed by atoms with Crippen molar-refractivity contribution in [1.82, 2.24) is 4.98 Å². The summed E-state index contributed by atoms with van der Waals surface area (Å²) in [5.74, 6) is 0.858. The van der Waals surface area contributed by atoms with Crippen molar-refractivity contribution in [3.8, 4) is 22.1 Å². The first-order valence-corrected chi connectivity index (χ1v) is 10.7. The standard InChI is InChI=1S/C22H17IN2O3S/c1-27-18-10-7-13(11-19(18)28-2)21(26)24-16-9-8-14(23)12-15(16)22-25-17-5-3-4-6-20(17)29-22/h3-12H,1-2H3,(H,24,26). The van der Waals surface area contributed by atoms with Crippen molar-refractivity contribution in [3.63, 3.8) is 0 Å². The Kier molecular flexibility index (Phi) is 5.68. The van der Waals surface area contributed by atoms with E-state index in [1.54, 1.807) is 43.8 Å². The zero-order chi connectivity index (χ0) is 20.4. The minimum atomic E-state index is -0.227. The fourth-order valence-electron chi connectivity index (χ4n) is 2.96. The molecule has 146 valence electrons. The molecule has 0 bridgehead atoms. The minimum Gasteiger partial charge on any atom is -0.493 e. The molecule has 4 aromatic rings. The molecule has 0 radical (unpaired) electrons. The van der Waals surface area contributed by atoms with E-state index in [1.807, 2.05) is 42.5 Å². The third-order valence-corrected chi connectivity index (χ3v) is 6.14. The number of nitrogens with zero attached hydrogens (tertiary/aromatic N) is 1. The van der Waals surface area contributed by atoms with Crippen molar-refractivity contribution in [2.75, 3.05) is 19.5 Å². The van der Waals surface area contributed by atoms with Gasteiger partial charge in [-0.1, -0.05) is 12.1 Å². The molecule has 1 amide bonds. The SMILES string of the molecule is COc1ccc(C(=O)Nc2ccc(I)cc2-c2nc3ccccc3s2)cc1OC. The highest BCUT2D eigenvalue weighted by molar-refractivity contribution is 14.1. The van der Waals surface area contributed by atoms with E-state index in [4.69, 9.17) is 14.5 Å². The second-order valence-electron chi connectivity index (χ2n) is 6.20. The van der Waals surface area contributed by atoms with Crippen LogP contribution in [0.4, 0.5) is 5.69 Å². The summed E-state index contributed by atoms with van der Waals surface area (Å²) in [5.41, 5.74) is 3.04. The van der Waals surface area contributed by atoms with E-state index in [1.165, 1.54) is 0 Å². The van der Waals surface area contributed by atoms with Crippen LogP contribution in [0.2, 0.25) is 0 Å². The Balaban J connectivity index is 1.70. The van der Waals surface area contributed by atoms with Crippen molar-refractivity contribution < 1.29 is 14.3 Å². The molecule has 0 aliphatic carbocycles. The fraction of sp³-hybridized carbons (Fsp3) is 0.0909. The summed E-state index contributed by atoms with van der Waals surface area (Å²) >= 11 is 3.87. The maximum absolute atomic E-state index is 12.9. The first-order valence-electron chi connectivity index (χ1n) is 8.78. The van der Waals surface area contributed by atoms with E-state index in [0.717, 1.165) is 24.4 Å². The molecule has 0 saturated heterocycles. The summed E-state index contributed by atoms with van der Waals surface area (Å²) in [5, 5.41) is 3.88. The average molecular weight is 516 g/mol. The highest BCUT2D eigenvalue weighted by atomic mass is 127. The lowest BCUT2D eigenvalue weighted by atomic mass is 10.1. The normalized spacial score (nSPS) is 10.7. The summed E-state index contributed by atoms with van der Waals surface area (Å²) in [6.07, 6.45) is 0. The molecule has 0 unspecified atom stereocenters. The van der Waals surface area contributed by atoms with Gasteiger partial charge in [0.1, 0.15) is 5.01 Å². The lowest BCUT2D eigenvalue weighted by Gasteiger charge is -2.12. The van der Waals surface area contributed by atoms with Gasteiger partial charge in [-0.25, -0.2) is 4.98 Å². The summed E-state index contributed by atoms with van der Waals surface area (Å²) in [7, 11) is 3.11. The molecule has 1 aromatic heterocycles. The third-order valence-electron chi connectivity index (χ3n) is 4.40. The molecular weight excluding hydrogens is 499 g/mol. The number of methoxy groups -OCH3 is 2. The van der Waals surface area contributed by atoms with Crippen molar-refractivity contribution in [2.45, 2.75) is 0 Å². The second kappa shape index (κ2) is 8.38. The van der Waals surface area contributed by atoms with Crippen LogP contribution in [-0.4, -0.2) is 25.1 Å². The van der Waals surface area contributed by atoms with Crippen LogP contribution < -0.4 is 14.8 Å². The van der Waals surface area contributed by atoms with Gasteiger partial charge in [0, 0.05) is 14.7 Å². The van der Waals surface area contributed by atoms with E-state index in [0.29, 0.717) is 22.7 Å². The van der Waals surface area contributed by atoms with Crippen LogP contribution >= 0.6 is 33.9 Å². The number of carbonyl (C=O) groups excluding carboxylic acids is 1. The highest BCUT2D eigenvalue weighted by Crippen LogP contribution is 2.36. The molecule has 4 rings (SSSR count). The molecule has 1 heterocycles. The Labute approximate surface area is 185 Å². The van der Waals surface area contributed by atoms with Crippen molar-refractivity contribution in [3.05, 3.63) is 69.8 Å². The number of halogens is 1. The highest BCUT2D eigenvalue weighted by Gasteiger charge is 2.16. The Hall–Kier alpha value is -2.65. The number of amides is 1. The monoisotopic (exact) mass is 516 g/mol. The Morgan fingerprint density at radius 1 is 1.00 bits per heavy atom. The number of carbonyl (C=O) groups is 1. The molecule has 0 aliphatic heterocycles. The van der Waals surface area contributed by atoms with Gasteiger partial charge in [0.25, 0.3) is 5.91 Å². The van der Waals surface area contributed by atoms with Gasteiger partial charge in [-0.2, -0.15) is 0 Å². The maximum Gasteiger partial charge on any atom is 0.255 e. The lowest BCUT2D eigenvalue weighted by molar-refractivity contribution is 0.102. The molecule has 3 aromatic carbocycles. The summed E-state index contributed by atoms with van der Waals surface area (Å²) < 4.78 is 12.7. The van der Waals surface area contributed by atoms with Crippen LogP contribution in [0.3, 0.4) is 0 Å². The Morgan fingerprint density at radius 3 is 2.55 bits per heavy atom. The van der Waals surface area contributed by atoms with E-state index in [9.17, 15) is 4.79 Å². The van der Waals surface area contributed by atoms with Crippen LogP contribution in [0, 0.1) is 3.57 Å². The maximum atomic E-state index is 12.9. The Bertz CT molecular complexity index is 1170. The number of thiazole rings is 1. The smallest absolute Gasteiger partial charge is 0.255 e. The van der Waals surface area contributed by atoms with Gasteiger partial charge in [0.05, 0.1) is 30.1 Å². The number of aromatic nitrogens is 1. The minimum absolute atomic E-state index is 0.227.